The van der Waals surface area contributed by atoms with Crippen LogP contribution in [0.1, 0.15) is 53.4 Å². The lowest BCUT2D eigenvalue weighted by Crippen LogP contribution is -2.20. The van der Waals surface area contributed by atoms with Gasteiger partial charge in [-0.05, 0) is 26.2 Å². The molecule has 0 saturated heterocycles. The molecule has 0 rings (SSSR count). The van der Waals surface area contributed by atoms with E-state index in [4.69, 9.17) is 0 Å². The average Bonchev–Trinajstić information content (AvgIpc) is 2.33. The van der Waals surface area contributed by atoms with Gasteiger partial charge >= 0.3 is 0 Å². The number of hydrogen-bond donors (Lipinski definition) is 0. The molecule has 0 aromatic carbocycles. The number of nitrogens with zero attached hydrogens (tertiary/aromatic N) is 2. The Morgan fingerprint density at radius 1 is 1.33 bits per heavy atom. The van der Waals surface area contributed by atoms with Crippen LogP contribution in [-0.2, 0) is 0 Å². The van der Waals surface area contributed by atoms with Gasteiger partial charge in [-0.25, -0.2) is 0 Å². The summed E-state index contributed by atoms with van der Waals surface area (Å²) in [5.41, 5.74) is 2.43. The Kier molecular flexibility index (Phi) is 9.17. The molecular formula is C16H28N2. The van der Waals surface area contributed by atoms with Crippen LogP contribution < -0.4 is 0 Å². The molecule has 2 unspecified atom stereocenters. The molecule has 0 N–H and O–H groups in total. The van der Waals surface area contributed by atoms with Crippen LogP contribution in [0.4, 0.5) is 0 Å². The molecule has 0 fully saturated rings. The van der Waals surface area contributed by atoms with E-state index in [1.165, 1.54) is 24.8 Å². The topological polar surface area (TPSA) is 24.7 Å². The van der Waals surface area contributed by atoms with Crippen molar-refractivity contribution in [3.8, 4) is 0 Å². The highest BCUT2D eigenvalue weighted by atomic mass is 15.2. The summed E-state index contributed by atoms with van der Waals surface area (Å²) in [6.07, 6.45) is 8.72. The Labute approximate surface area is 113 Å². The summed E-state index contributed by atoms with van der Waals surface area (Å²) in [4.78, 5) is 0. The summed E-state index contributed by atoms with van der Waals surface area (Å²) in [5, 5.41) is 7.82. The zero-order valence-electron chi connectivity index (χ0n) is 12.4. The lowest BCUT2D eigenvalue weighted by Gasteiger charge is -2.24. The molecule has 2 heteroatoms. The van der Waals surface area contributed by atoms with E-state index in [1.54, 1.807) is 0 Å². The maximum Gasteiger partial charge on any atom is 0.0411 e. The molecule has 0 aliphatic rings. The minimum Gasteiger partial charge on any atom is -0.167 e. The summed E-state index contributed by atoms with van der Waals surface area (Å²) in [6.45, 7) is 15.9. The van der Waals surface area contributed by atoms with Gasteiger partial charge in [-0.3, -0.25) is 0 Å². The van der Waals surface area contributed by atoms with Gasteiger partial charge < -0.3 is 0 Å². The highest BCUT2D eigenvalue weighted by Crippen LogP contribution is 2.26. The lowest BCUT2D eigenvalue weighted by atomic mass is 9.82. The van der Waals surface area contributed by atoms with Gasteiger partial charge in [0, 0.05) is 18.3 Å². The molecule has 2 atom stereocenters. The van der Waals surface area contributed by atoms with E-state index >= 15 is 0 Å². The quantitative estimate of drug-likeness (QED) is 0.311. The summed E-state index contributed by atoms with van der Waals surface area (Å²) in [6, 6.07) is 0. The van der Waals surface area contributed by atoms with E-state index < -0.39 is 0 Å². The highest BCUT2D eigenvalue weighted by Gasteiger charge is 2.20. The molecule has 0 aromatic heterocycles. The monoisotopic (exact) mass is 248 g/mol. The minimum atomic E-state index is 0.457. The average molecular weight is 248 g/mol. The lowest BCUT2D eigenvalue weighted by molar-refractivity contribution is 0.405. The predicted octanol–water partition coefficient (Wildman–Crippen LogP) is 5.03. The maximum atomic E-state index is 4.14. The third kappa shape index (κ3) is 6.53. The molecule has 0 saturated carbocycles. The van der Waals surface area contributed by atoms with Crippen molar-refractivity contribution in [1.29, 1.82) is 0 Å². The second-order valence-electron chi connectivity index (χ2n) is 5.06. The van der Waals surface area contributed by atoms with Gasteiger partial charge in [-0.2, -0.15) is 10.2 Å². The zero-order chi connectivity index (χ0) is 14.0. The first-order chi connectivity index (χ1) is 8.56. The molecule has 0 heterocycles. The van der Waals surface area contributed by atoms with E-state index in [0.29, 0.717) is 11.8 Å². The Morgan fingerprint density at radius 3 is 2.50 bits per heavy atom. The van der Waals surface area contributed by atoms with Gasteiger partial charge in [-0.1, -0.05) is 57.4 Å². The molecule has 0 spiro atoms. The maximum absolute atomic E-state index is 4.14. The van der Waals surface area contributed by atoms with Gasteiger partial charge in [0.15, 0.2) is 0 Å². The van der Waals surface area contributed by atoms with Crippen LogP contribution in [0.5, 0.6) is 0 Å². The second-order valence-corrected chi connectivity index (χ2v) is 5.06. The Bertz CT molecular complexity index is 313. The third-order valence-electron chi connectivity index (χ3n) is 3.41. The molecule has 0 aromatic rings. The Balaban J connectivity index is 4.81. The normalized spacial score (nSPS) is 16.2. The Hall–Kier alpha value is -1.18. The van der Waals surface area contributed by atoms with Crippen LogP contribution in [0.3, 0.4) is 0 Å². The summed E-state index contributed by atoms with van der Waals surface area (Å²) < 4.78 is 0. The predicted molar refractivity (Wildman–Crippen MR) is 83.4 cm³/mol. The molecule has 0 radical (unpaired) electrons. The van der Waals surface area contributed by atoms with Gasteiger partial charge in [0.1, 0.15) is 0 Å². The smallest absolute Gasteiger partial charge is 0.0411 e. The molecule has 102 valence electrons. The van der Waals surface area contributed by atoms with Crippen molar-refractivity contribution in [1.82, 2.24) is 0 Å². The Morgan fingerprint density at radius 2 is 2.00 bits per heavy atom. The van der Waals surface area contributed by atoms with Crippen molar-refractivity contribution in [2.75, 3.05) is 0 Å². The minimum absolute atomic E-state index is 0.457. The fourth-order valence-corrected chi connectivity index (χ4v) is 2.29. The van der Waals surface area contributed by atoms with Crippen molar-refractivity contribution < 1.29 is 0 Å². The fraction of sp³-hybridized carbons (Fsp3) is 0.625. The van der Waals surface area contributed by atoms with Crippen LogP contribution >= 0.6 is 0 Å². The van der Waals surface area contributed by atoms with Gasteiger partial charge in [0.25, 0.3) is 0 Å². The van der Waals surface area contributed by atoms with Crippen LogP contribution in [0, 0.1) is 11.8 Å². The fourth-order valence-electron chi connectivity index (χ4n) is 2.29. The molecular weight excluding hydrogens is 220 g/mol. The van der Waals surface area contributed by atoms with Crippen molar-refractivity contribution in [2.45, 2.75) is 53.4 Å². The van der Waals surface area contributed by atoms with E-state index in [1.807, 2.05) is 6.08 Å². The van der Waals surface area contributed by atoms with Crippen molar-refractivity contribution >= 4 is 12.4 Å². The van der Waals surface area contributed by atoms with Crippen LogP contribution in [0.2, 0.25) is 0 Å². The van der Waals surface area contributed by atoms with E-state index in [0.717, 1.165) is 12.1 Å². The standard InChI is InChI=1S/C16H28N2/c1-7-9-11-14(4)16(15(5)18-17-6)12-13(3)10-8-2/h8,10,14,16H,2,6-7,9,11-12H2,1,3-5H3/b13-10+,18-15-. The van der Waals surface area contributed by atoms with Crippen LogP contribution in [-0.4, -0.2) is 12.4 Å². The van der Waals surface area contributed by atoms with Crippen molar-refractivity contribution in [2.24, 2.45) is 22.0 Å². The zero-order valence-corrected chi connectivity index (χ0v) is 12.4. The summed E-state index contributed by atoms with van der Waals surface area (Å²) >= 11 is 0. The van der Waals surface area contributed by atoms with Crippen molar-refractivity contribution in [3.63, 3.8) is 0 Å². The molecule has 0 aliphatic heterocycles. The van der Waals surface area contributed by atoms with Crippen LogP contribution in [0.25, 0.3) is 0 Å². The molecule has 0 bridgehead atoms. The first kappa shape index (κ1) is 16.8. The number of unbranched alkanes of at least 4 members (excludes halogenated alkanes) is 1. The van der Waals surface area contributed by atoms with E-state index in [-0.39, 0.29) is 0 Å². The van der Waals surface area contributed by atoms with E-state index in [2.05, 4.69) is 57.3 Å². The number of allylic oxidation sites excluding steroid dienone is 3. The summed E-state index contributed by atoms with van der Waals surface area (Å²) in [7, 11) is 0. The van der Waals surface area contributed by atoms with Crippen LogP contribution in [0.15, 0.2) is 34.5 Å². The second kappa shape index (κ2) is 9.81. The van der Waals surface area contributed by atoms with Gasteiger partial charge in [-0.15, -0.1) is 0 Å². The van der Waals surface area contributed by atoms with Crippen molar-refractivity contribution in [3.05, 3.63) is 24.3 Å². The first-order valence-electron chi connectivity index (χ1n) is 6.85. The van der Waals surface area contributed by atoms with E-state index in [9.17, 15) is 0 Å². The van der Waals surface area contributed by atoms with Gasteiger partial charge in [0.05, 0.1) is 0 Å². The SMILES string of the molecule is C=C/C=C(\C)CC(/C(C)=N\N=C)C(C)CCCC. The third-order valence-corrected chi connectivity index (χ3v) is 3.41. The summed E-state index contributed by atoms with van der Waals surface area (Å²) in [5.74, 6) is 1.09. The molecule has 0 aliphatic carbocycles. The largest absolute Gasteiger partial charge is 0.167 e. The number of hydrogen-bond acceptors (Lipinski definition) is 2. The van der Waals surface area contributed by atoms with Gasteiger partial charge in [0.2, 0.25) is 0 Å². The molecule has 18 heavy (non-hydrogen) atoms. The highest BCUT2D eigenvalue weighted by molar-refractivity contribution is 5.84. The number of rotatable bonds is 9. The molecule has 0 amide bonds. The molecule has 2 nitrogen and oxygen atoms in total. The first-order valence-corrected chi connectivity index (χ1v) is 6.85.